The molecular weight excluding hydrogens is 332 g/mol. The summed E-state index contributed by atoms with van der Waals surface area (Å²) in [6.45, 7) is 9.47. The number of nitrogens with zero attached hydrogens (tertiary/aromatic N) is 4. The Hall–Kier alpha value is -2.18. The van der Waals surface area contributed by atoms with Crippen LogP contribution in [0.2, 0.25) is 0 Å². The molecule has 3 saturated heterocycles. The molecule has 2 bridgehead atoms. The predicted molar refractivity (Wildman–Crippen MR) is 96.8 cm³/mol. The van der Waals surface area contributed by atoms with E-state index in [1.165, 1.54) is 0 Å². The van der Waals surface area contributed by atoms with Gasteiger partial charge in [-0.05, 0) is 39.5 Å². The van der Waals surface area contributed by atoms with E-state index in [-0.39, 0.29) is 23.6 Å². The van der Waals surface area contributed by atoms with Gasteiger partial charge in [0.25, 0.3) is 0 Å². The van der Waals surface area contributed by atoms with Crippen molar-refractivity contribution < 1.29 is 14.4 Å². The number of amides is 2. The summed E-state index contributed by atoms with van der Waals surface area (Å²) in [5.74, 6) is 0.587. The quantitative estimate of drug-likeness (QED) is 0.764. The average molecular weight is 360 g/mol. The third-order valence-corrected chi connectivity index (χ3v) is 5.75. The average Bonchev–Trinajstić information content (AvgIpc) is 2.75. The summed E-state index contributed by atoms with van der Waals surface area (Å²) in [6, 6.07) is 0.124. The highest BCUT2D eigenvalue weighted by molar-refractivity contribution is 5.96. The summed E-state index contributed by atoms with van der Waals surface area (Å²) in [7, 11) is 0. The smallest absolute Gasteiger partial charge is 0.224 e. The fourth-order valence-corrected chi connectivity index (χ4v) is 4.41. The van der Waals surface area contributed by atoms with Crippen LogP contribution in [0.1, 0.15) is 54.9 Å². The molecule has 26 heavy (non-hydrogen) atoms. The van der Waals surface area contributed by atoms with Crippen molar-refractivity contribution in [2.24, 2.45) is 5.92 Å². The van der Waals surface area contributed by atoms with Crippen LogP contribution < -0.4 is 0 Å². The van der Waals surface area contributed by atoms with E-state index in [2.05, 4.69) is 5.10 Å². The maximum absolute atomic E-state index is 12.8. The van der Waals surface area contributed by atoms with E-state index in [1.807, 2.05) is 23.6 Å². The van der Waals surface area contributed by atoms with E-state index in [4.69, 9.17) is 0 Å². The zero-order chi connectivity index (χ0) is 19.0. The SMILES string of the molecule is CC(=O)c1c(C)nn(CCC(=O)N2CC3CCC2CN(C(C)=O)C3)c1C. The van der Waals surface area contributed by atoms with Crippen LogP contribution in [0.3, 0.4) is 0 Å². The predicted octanol–water partition coefficient (Wildman–Crippen LogP) is 1.56. The highest BCUT2D eigenvalue weighted by Crippen LogP contribution is 2.28. The fraction of sp³-hybridized carbons (Fsp3) is 0.684. The molecule has 2 unspecified atom stereocenters. The number of hydrogen-bond donors (Lipinski definition) is 0. The molecule has 3 fully saturated rings. The van der Waals surface area contributed by atoms with Crippen molar-refractivity contribution in [1.82, 2.24) is 19.6 Å². The van der Waals surface area contributed by atoms with Gasteiger partial charge in [-0.3, -0.25) is 19.1 Å². The summed E-state index contributed by atoms with van der Waals surface area (Å²) in [4.78, 5) is 40.2. The normalized spacial score (nSPS) is 22.5. The van der Waals surface area contributed by atoms with E-state index in [1.54, 1.807) is 18.5 Å². The molecule has 0 spiro atoms. The first-order valence-electron chi connectivity index (χ1n) is 9.37. The van der Waals surface area contributed by atoms with Crippen molar-refractivity contribution in [3.05, 3.63) is 17.0 Å². The largest absolute Gasteiger partial charge is 0.341 e. The molecule has 4 heterocycles. The molecule has 4 rings (SSSR count). The Morgan fingerprint density at radius 2 is 1.81 bits per heavy atom. The van der Waals surface area contributed by atoms with Gasteiger partial charge in [0, 0.05) is 51.3 Å². The first-order valence-corrected chi connectivity index (χ1v) is 9.37. The summed E-state index contributed by atoms with van der Waals surface area (Å²) < 4.78 is 1.77. The van der Waals surface area contributed by atoms with Crippen LogP contribution in [0.4, 0.5) is 0 Å². The van der Waals surface area contributed by atoms with Gasteiger partial charge < -0.3 is 9.80 Å². The Morgan fingerprint density at radius 3 is 2.42 bits per heavy atom. The summed E-state index contributed by atoms with van der Waals surface area (Å²) in [6.07, 6.45) is 2.41. The lowest BCUT2D eigenvalue weighted by Gasteiger charge is -2.36. The number of rotatable bonds is 4. The van der Waals surface area contributed by atoms with Crippen molar-refractivity contribution in [3.63, 3.8) is 0 Å². The lowest BCUT2D eigenvalue weighted by molar-refractivity contribution is -0.136. The highest BCUT2D eigenvalue weighted by atomic mass is 16.2. The Balaban J connectivity index is 1.67. The van der Waals surface area contributed by atoms with Gasteiger partial charge in [0.05, 0.1) is 11.3 Å². The van der Waals surface area contributed by atoms with Gasteiger partial charge in [-0.1, -0.05) is 0 Å². The van der Waals surface area contributed by atoms with Crippen molar-refractivity contribution >= 4 is 17.6 Å². The van der Waals surface area contributed by atoms with Crippen molar-refractivity contribution in [2.75, 3.05) is 19.6 Å². The number of carbonyl (C=O) groups is 3. The number of carbonyl (C=O) groups excluding carboxylic acids is 3. The lowest BCUT2D eigenvalue weighted by atomic mass is 9.94. The molecule has 3 aliphatic rings. The first kappa shape index (κ1) is 18.6. The zero-order valence-electron chi connectivity index (χ0n) is 16.1. The molecule has 0 saturated carbocycles. The number of aromatic nitrogens is 2. The molecule has 2 atom stereocenters. The van der Waals surface area contributed by atoms with E-state index < -0.39 is 0 Å². The van der Waals surface area contributed by atoms with E-state index >= 15 is 0 Å². The van der Waals surface area contributed by atoms with Gasteiger partial charge in [0.1, 0.15) is 0 Å². The molecule has 3 aliphatic heterocycles. The molecule has 1 aromatic heterocycles. The summed E-state index contributed by atoms with van der Waals surface area (Å²) in [5.41, 5.74) is 2.19. The number of hydrogen-bond acceptors (Lipinski definition) is 4. The molecule has 7 heteroatoms. The van der Waals surface area contributed by atoms with Crippen molar-refractivity contribution in [1.29, 1.82) is 0 Å². The minimum absolute atomic E-state index is 0.00623. The van der Waals surface area contributed by atoms with Gasteiger partial charge in [-0.15, -0.1) is 0 Å². The fourth-order valence-electron chi connectivity index (χ4n) is 4.41. The number of fused-ring (bicyclic) bond motifs is 4. The zero-order valence-corrected chi connectivity index (χ0v) is 16.1. The third kappa shape index (κ3) is 3.52. The molecule has 0 aliphatic carbocycles. The van der Waals surface area contributed by atoms with Crippen LogP contribution in [0.5, 0.6) is 0 Å². The monoisotopic (exact) mass is 360 g/mol. The Bertz CT molecular complexity index is 739. The first-order chi connectivity index (χ1) is 12.3. The second-order valence-electron chi connectivity index (χ2n) is 7.64. The van der Waals surface area contributed by atoms with Crippen LogP contribution in [0.25, 0.3) is 0 Å². The van der Waals surface area contributed by atoms with Gasteiger partial charge in [0.15, 0.2) is 5.78 Å². The Morgan fingerprint density at radius 1 is 1.08 bits per heavy atom. The molecule has 2 amide bonds. The number of ketones is 1. The van der Waals surface area contributed by atoms with Gasteiger partial charge in [0.2, 0.25) is 11.8 Å². The number of piperidine rings is 1. The molecule has 7 nitrogen and oxygen atoms in total. The second-order valence-corrected chi connectivity index (χ2v) is 7.64. The molecular formula is C19H28N4O3. The number of Topliss-reactive ketones (excluding diaryl/α,β-unsaturated/α-hetero) is 1. The van der Waals surface area contributed by atoms with Crippen LogP contribution in [0.15, 0.2) is 0 Å². The minimum atomic E-state index is 0.00623. The maximum atomic E-state index is 12.8. The topological polar surface area (TPSA) is 75.5 Å². The van der Waals surface area contributed by atoms with Crippen LogP contribution >= 0.6 is 0 Å². The van der Waals surface area contributed by atoms with Crippen LogP contribution in [-0.4, -0.2) is 62.9 Å². The minimum Gasteiger partial charge on any atom is -0.341 e. The molecule has 142 valence electrons. The summed E-state index contributed by atoms with van der Waals surface area (Å²) in [5, 5.41) is 4.42. The Labute approximate surface area is 154 Å². The molecule has 1 aromatic rings. The van der Waals surface area contributed by atoms with Gasteiger partial charge in [-0.2, -0.15) is 5.10 Å². The van der Waals surface area contributed by atoms with Crippen molar-refractivity contribution in [2.45, 2.75) is 59.5 Å². The third-order valence-electron chi connectivity index (χ3n) is 5.75. The van der Waals surface area contributed by atoms with Crippen molar-refractivity contribution in [3.8, 4) is 0 Å². The maximum Gasteiger partial charge on any atom is 0.224 e. The lowest BCUT2D eigenvalue weighted by Crippen LogP contribution is -2.47. The Kier molecular flexibility index (Phi) is 5.16. The molecule has 0 aromatic carbocycles. The number of aryl methyl sites for hydroxylation is 2. The highest BCUT2D eigenvalue weighted by Gasteiger charge is 2.37. The molecule has 0 radical (unpaired) electrons. The standard InChI is InChI=1S/C19H28N4O3/c1-12-19(14(3)24)13(2)23(20-12)8-7-18(26)22-10-16-5-6-17(22)11-21(9-16)15(4)25/h16-17H,5-11H2,1-4H3. The molecule has 0 N–H and O–H groups in total. The van der Waals surface area contributed by atoms with Crippen LogP contribution in [0, 0.1) is 19.8 Å². The summed E-state index contributed by atoms with van der Waals surface area (Å²) >= 11 is 0. The second kappa shape index (κ2) is 7.21. The van der Waals surface area contributed by atoms with E-state index in [0.29, 0.717) is 36.7 Å². The van der Waals surface area contributed by atoms with Gasteiger partial charge in [-0.25, -0.2) is 0 Å². The van der Waals surface area contributed by atoms with E-state index in [9.17, 15) is 14.4 Å². The van der Waals surface area contributed by atoms with Crippen LogP contribution in [-0.2, 0) is 16.1 Å². The van der Waals surface area contributed by atoms with E-state index in [0.717, 1.165) is 31.6 Å². The van der Waals surface area contributed by atoms with Gasteiger partial charge >= 0.3 is 0 Å².